The molecule has 0 unspecified atom stereocenters. The molecule has 0 aromatic carbocycles. The first-order valence-electron chi connectivity index (χ1n) is 4.19. The lowest BCUT2D eigenvalue weighted by molar-refractivity contribution is -0.184. The van der Waals surface area contributed by atoms with Crippen molar-refractivity contribution in [1.82, 2.24) is 0 Å². The molecule has 0 aromatic heterocycles. The van der Waals surface area contributed by atoms with Gasteiger partial charge in [-0.1, -0.05) is 0 Å². The molecule has 0 radical (unpaired) electrons. The summed E-state index contributed by atoms with van der Waals surface area (Å²) < 4.78 is 36.5. The first-order chi connectivity index (χ1) is 5.87. The summed E-state index contributed by atoms with van der Waals surface area (Å²) in [5, 5.41) is 0. The lowest BCUT2D eigenvalue weighted by Gasteiger charge is -2.33. The SMILES string of the molecule is NC1(C=O)CCC(C(F)(F)F)CC1. The molecular formula is C8H12F3NO. The van der Waals surface area contributed by atoms with Crippen molar-refractivity contribution in [3.63, 3.8) is 0 Å². The Labute approximate surface area is 74.3 Å². The predicted molar refractivity (Wildman–Crippen MR) is 41.0 cm³/mol. The van der Waals surface area contributed by atoms with Gasteiger partial charge in [0.1, 0.15) is 6.29 Å². The lowest BCUT2D eigenvalue weighted by Crippen LogP contribution is -2.46. The molecule has 5 heteroatoms. The molecule has 0 spiro atoms. The molecule has 76 valence electrons. The largest absolute Gasteiger partial charge is 0.391 e. The maximum atomic E-state index is 12.2. The average molecular weight is 195 g/mol. The fourth-order valence-electron chi connectivity index (χ4n) is 1.60. The minimum Gasteiger partial charge on any atom is -0.319 e. The molecule has 1 fully saturated rings. The van der Waals surface area contributed by atoms with Crippen molar-refractivity contribution in [3.8, 4) is 0 Å². The number of carbonyl (C=O) groups is 1. The predicted octanol–water partition coefficient (Wildman–Crippen LogP) is 1.64. The van der Waals surface area contributed by atoms with Gasteiger partial charge in [-0.25, -0.2) is 0 Å². The molecule has 0 heterocycles. The van der Waals surface area contributed by atoms with Crippen LogP contribution in [0.5, 0.6) is 0 Å². The Morgan fingerprint density at radius 3 is 2.08 bits per heavy atom. The number of aldehydes is 1. The van der Waals surface area contributed by atoms with Crippen molar-refractivity contribution in [2.45, 2.75) is 37.4 Å². The van der Waals surface area contributed by atoms with Gasteiger partial charge >= 0.3 is 6.18 Å². The van der Waals surface area contributed by atoms with Crippen molar-refractivity contribution in [2.75, 3.05) is 0 Å². The highest BCUT2D eigenvalue weighted by atomic mass is 19.4. The number of carbonyl (C=O) groups excluding carboxylic acids is 1. The topological polar surface area (TPSA) is 43.1 Å². The van der Waals surface area contributed by atoms with Gasteiger partial charge in [-0.05, 0) is 25.7 Å². The first-order valence-corrected chi connectivity index (χ1v) is 4.19. The zero-order valence-corrected chi connectivity index (χ0v) is 7.10. The summed E-state index contributed by atoms with van der Waals surface area (Å²) in [4.78, 5) is 10.4. The summed E-state index contributed by atoms with van der Waals surface area (Å²) in [5.74, 6) is -1.27. The van der Waals surface area contributed by atoms with E-state index >= 15 is 0 Å². The molecular weight excluding hydrogens is 183 g/mol. The van der Waals surface area contributed by atoms with Crippen molar-refractivity contribution >= 4 is 6.29 Å². The van der Waals surface area contributed by atoms with Gasteiger partial charge < -0.3 is 10.5 Å². The summed E-state index contributed by atoms with van der Waals surface area (Å²) in [6.45, 7) is 0. The third-order valence-electron chi connectivity index (χ3n) is 2.61. The monoisotopic (exact) mass is 195 g/mol. The number of hydrogen-bond donors (Lipinski definition) is 1. The van der Waals surface area contributed by atoms with Crippen LogP contribution in [0, 0.1) is 5.92 Å². The van der Waals surface area contributed by atoms with E-state index in [9.17, 15) is 18.0 Å². The van der Waals surface area contributed by atoms with Gasteiger partial charge in [-0.15, -0.1) is 0 Å². The summed E-state index contributed by atoms with van der Waals surface area (Å²) >= 11 is 0. The Bertz CT molecular complexity index is 194. The number of rotatable bonds is 1. The van der Waals surface area contributed by atoms with Crippen LogP contribution in [0.4, 0.5) is 13.2 Å². The van der Waals surface area contributed by atoms with E-state index in [1.807, 2.05) is 0 Å². The molecule has 1 aliphatic rings. The third kappa shape index (κ3) is 2.43. The van der Waals surface area contributed by atoms with Crippen LogP contribution in [-0.2, 0) is 4.79 Å². The fraction of sp³-hybridized carbons (Fsp3) is 0.875. The van der Waals surface area contributed by atoms with E-state index in [1.165, 1.54) is 0 Å². The van der Waals surface area contributed by atoms with Crippen molar-refractivity contribution in [1.29, 1.82) is 0 Å². The molecule has 0 aromatic rings. The Morgan fingerprint density at radius 1 is 1.31 bits per heavy atom. The zero-order chi connectivity index (χ0) is 10.1. The van der Waals surface area contributed by atoms with E-state index in [0.717, 1.165) is 0 Å². The second kappa shape index (κ2) is 3.29. The maximum absolute atomic E-state index is 12.2. The van der Waals surface area contributed by atoms with E-state index in [-0.39, 0.29) is 25.7 Å². The van der Waals surface area contributed by atoms with Gasteiger partial charge in [0.2, 0.25) is 0 Å². The standard InChI is InChI=1S/C8H12F3NO/c9-8(10,11)6-1-3-7(12,5-13)4-2-6/h5-6H,1-4,12H2. The van der Waals surface area contributed by atoms with Crippen molar-refractivity contribution in [2.24, 2.45) is 11.7 Å². The van der Waals surface area contributed by atoms with Crippen molar-refractivity contribution in [3.05, 3.63) is 0 Å². The minimum absolute atomic E-state index is 0.0290. The van der Waals surface area contributed by atoms with E-state index in [0.29, 0.717) is 6.29 Å². The fourth-order valence-corrected chi connectivity index (χ4v) is 1.60. The molecule has 1 saturated carbocycles. The normalized spacial score (nSPS) is 35.8. The summed E-state index contributed by atoms with van der Waals surface area (Å²) in [6, 6.07) is 0. The molecule has 0 aliphatic heterocycles. The molecule has 2 nitrogen and oxygen atoms in total. The first kappa shape index (κ1) is 10.5. The van der Waals surface area contributed by atoms with Crippen LogP contribution >= 0.6 is 0 Å². The third-order valence-corrected chi connectivity index (χ3v) is 2.61. The molecule has 1 rings (SSSR count). The van der Waals surface area contributed by atoms with E-state index in [1.54, 1.807) is 0 Å². The van der Waals surface area contributed by atoms with Crippen LogP contribution in [0.1, 0.15) is 25.7 Å². The van der Waals surface area contributed by atoms with Crippen LogP contribution < -0.4 is 5.73 Å². The molecule has 13 heavy (non-hydrogen) atoms. The van der Waals surface area contributed by atoms with E-state index < -0.39 is 17.6 Å². The van der Waals surface area contributed by atoms with Crippen molar-refractivity contribution < 1.29 is 18.0 Å². The van der Waals surface area contributed by atoms with E-state index in [2.05, 4.69) is 0 Å². The smallest absolute Gasteiger partial charge is 0.319 e. The minimum atomic E-state index is -4.13. The Balaban J connectivity index is 2.53. The van der Waals surface area contributed by atoms with Gasteiger partial charge in [0.15, 0.2) is 0 Å². The van der Waals surface area contributed by atoms with Gasteiger partial charge in [-0.3, -0.25) is 0 Å². The highest BCUT2D eigenvalue weighted by molar-refractivity contribution is 5.63. The van der Waals surface area contributed by atoms with Crippen LogP contribution in [0.3, 0.4) is 0 Å². The molecule has 0 saturated heterocycles. The molecule has 0 atom stereocenters. The van der Waals surface area contributed by atoms with Gasteiger partial charge in [-0.2, -0.15) is 13.2 Å². The Morgan fingerprint density at radius 2 is 1.77 bits per heavy atom. The number of nitrogens with two attached hydrogens (primary N) is 1. The van der Waals surface area contributed by atoms with Crippen LogP contribution in [-0.4, -0.2) is 18.0 Å². The summed E-state index contributed by atoms with van der Waals surface area (Å²) in [5.41, 5.74) is 4.52. The second-order valence-corrected chi connectivity index (χ2v) is 3.67. The second-order valence-electron chi connectivity index (χ2n) is 3.67. The summed E-state index contributed by atoms with van der Waals surface area (Å²) in [6.07, 6.45) is -3.34. The number of hydrogen-bond acceptors (Lipinski definition) is 2. The van der Waals surface area contributed by atoms with Crippen LogP contribution in [0.2, 0.25) is 0 Å². The number of halogens is 3. The van der Waals surface area contributed by atoms with Gasteiger partial charge in [0.05, 0.1) is 11.5 Å². The lowest BCUT2D eigenvalue weighted by atomic mass is 9.78. The molecule has 0 bridgehead atoms. The maximum Gasteiger partial charge on any atom is 0.391 e. The highest BCUT2D eigenvalue weighted by Crippen LogP contribution is 2.39. The zero-order valence-electron chi connectivity index (χ0n) is 7.10. The van der Waals surface area contributed by atoms with E-state index in [4.69, 9.17) is 5.73 Å². The number of alkyl halides is 3. The molecule has 1 aliphatic carbocycles. The van der Waals surface area contributed by atoms with Gasteiger partial charge in [0.25, 0.3) is 0 Å². The quantitative estimate of drug-likeness (QED) is 0.646. The Kier molecular flexibility index (Phi) is 2.66. The summed E-state index contributed by atoms with van der Waals surface area (Å²) in [7, 11) is 0. The Hall–Kier alpha value is -0.580. The highest BCUT2D eigenvalue weighted by Gasteiger charge is 2.44. The van der Waals surface area contributed by atoms with Crippen LogP contribution in [0.15, 0.2) is 0 Å². The average Bonchev–Trinajstić information content (AvgIpc) is 2.04. The molecule has 2 N–H and O–H groups in total. The van der Waals surface area contributed by atoms with Gasteiger partial charge in [0, 0.05) is 0 Å². The molecule has 0 amide bonds. The van der Waals surface area contributed by atoms with Crippen LogP contribution in [0.25, 0.3) is 0 Å².